The summed E-state index contributed by atoms with van der Waals surface area (Å²) in [6, 6.07) is 11.0. The van der Waals surface area contributed by atoms with Gasteiger partial charge in [0, 0.05) is 22.2 Å². The largest absolute Gasteiger partial charge is 0.481 e. The first kappa shape index (κ1) is 19.8. The van der Waals surface area contributed by atoms with E-state index in [1.807, 2.05) is 18.3 Å². The molecule has 31 heavy (non-hydrogen) atoms. The van der Waals surface area contributed by atoms with Crippen molar-refractivity contribution in [2.45, 2.75) is 51.4 Å². The number of nitrogens with one attached hydrogen (secondary N) is 1. The number of nitrogens with zero attached hydrogens (tertiary/aromatic N) is 2. The fourth-order valence-electron chi connectivity index (χ4n) is 5.26. The molecule has 5 nitrogen and oxygen atoms in total. The molecule has 1 aliphatic carbocycles. The third-order valence-electron chi connectivity index (χ3n) is 6.72. The summed E-state index contributed by atoms with van der Waals surface area (Å²) >= 11 is 0. The van der Waals surface area contributed by atoms with E-state index in [-0.39, 0.29) is 17.7 Å². The van der Waals surface area contributed by atoms with Crippen LogP contribution in [0, 0.1) is 11.7 Å². The molecule has 0 aliphatic heterocycles. The van der Waals surface area contributed by atoms with Crippen LogP contribution in [0.15, 0.2) is 42.6 Å². The van der Waals surface area contributed by atoms with Crippen LogP contribution in [0.2, 0.25) is 0 Å². The molecule has 160 valence electrons. The van der Waals surface area contributed by atoms with E-state index in [2.05, 4.69) is 40.7 Å². The van der Waals surface area contributed by atoms with Crippen molar-refractivity contribution in [2.24, 2.45) is 5.92 Å². The van der Waals surface area contributed by atoms with Gasteiger partial charge in [-0.25, -0.2) is 4.39 Å². The summed E-state index contributed by atoms with van der Waals surface area (Å²) in [5.41, 5.74) is 5.53. The van der Waals surface area contributed by atoms with Crippen molar-refractivity contribution in [3.05, 3.63) is 59.7 Å². The van der Waals surface area contributed by atoms with Gasteiger partial charge < -0.3 is 9.67 Å². The highest BCUT2D eigenvalue weighted by molar-refractivity contribution is 5.99. The van der Waals surface area contributed by atoms with Crippen LogP contribution < -0.4 is 0 Å². The minimum atomic E-state index is -0.685. The predicted octanol–water partition coefficient (Wildman–Crippen LogP) is 6.13. The van der Waals surface area contributed by atoms with Gasteiger partial charge in [0.1, 0.15) is 5.82 Å². The molecule has 2 aromatic heterocycles. The lowest BCUT2D eigenvalue weighted by molar-refractivity contribution is -0.142. The number of benzene rings is 2. The molecule has 6 heteroatoms. The number of aromatic amines is 1. The maximum Gasteiger partial charge on any atom is 0.306 e. The molecule has 2 aromatic carbocycles. The smallest absolute Gasteiger partial charge is 0.306 e. The number of carbonyl (C=O) groups is 1. The number of fused-ring (bicyclic) bond motifs is 2. The van der Waals surface area contributed by atoms with Gasteiger partial charge in [-0.2, -0.15) is 5.10 Å². The molecule has 1 fully saturated rings. The second kappa shape index (κ2) is 7.52. The molecule has 0 atom stereocenters. The van der Waals surface area contributed by atoms with E-state index in [4.69, 9.17) is 0 Å². The highest BCUT2D eigenvalue weighted by Crippen LogP contribution is 2.45. The Morgan fingerprint density at radius 3 is 2.52 bits per heavy atom. The van der Waals surface area contributed by atoms with E-state index in [9.17, 15) is 14.3 Å². The fourth-order valence-corrected chi connectivity index (χ4v) is 5.26. The average molecular weight is 420 g/mol. The molecule has 0 amide bonds. The van der Waals surface area contributed by atoms with E-state index < -0.39 is 5.97 Å². The lowest BCUT2D eigenvalue weighted by Gasteiger charge is -2.28. The van der Waals surface area contributed by atoms with Crippen molar-refractivity contribution in [1.29, 1.82) is 0 Å². The Kier molecular flexibility index (Phi) is 4.80. The zero-order chi connectivity index (χ0) is 21.7. The zero-order valence-corrected chi connectivity index (χ0v) is 17.7. The van der Waals surface area contributed by atoms with Crippen molar-refractivity contribution in [3.8, 4) is 5.69 Å². The van der Waals surface area contributed by atoms with E-state index in [0.717, 1.165) is 34.9 Å². The molecular weight excluding hydrogens is 393 g/mol. The van der Waals surface area contributed by atoms with Crippen LogP contribution in [0.1, 0.15) is 62.6 Å². The van der Waals surface area contributed by atoms with E-state index >= 15 is 0 Å². The predicted molar refractivity (Wildman–Crippen MR) is 119 cm³/mol. The van der Waals surface area contributed by atoms with E-state index in [1.54, 1.807) is 0 Å². The molecule has 0 bridgehead atoms. The van der Waals surface area contributed by atoms with Gasteiger partial charge in [-0.05, 0) is 79.5 Å². The van der Waals surface area contributed by atoms with Gasteiger partial charge in [-0.1, -0.05) is 13.8 Å². The number of hydrogen-bond acceptors (Lipinski definition) is 2. The number of aliphatic carboxylic acids is 1. The molecule has 0 spiro atoms. The molecule has 4 aromatic rings. The second-order valence-corrected chi connectivity index (χ2v) is 8.98. The van der Waals surface area contributed by atoms with Crippen molar-refractivity contribution in [3.63, 3.8) is 0 Å². The molecule has 0 unspecified atom stereocenters. The van der Waals surface area contributed by atoms with Crippen LogP contribution in [0.3, 0.4) is 0 Å². The van der Waals surface area contributed by atoms with Crippen molar-refractivity contribution in [2.75, 3.05) is 0 Å². The molecular formula is C25H26FN3O2. The Balaban J connectivity index is 1.76. The van der Waals surface area contributed by atoms with Gasteiger partial charge >= 0.3 is 5.97 Å². The monoisotopic (exact) mass is 419 g/mol. The molecule has 2 heterocycles. The summed E-state index contributed by atoms with van der Waals surface area (Å²) in [5, 5.41) is 18.9. The lowest BCUT2D eigenvalue weighted by atomic mass is 9.77. The van der Waals surface area contributed by atoms with Crippen LogP contribution in [-0.2, 0) is 4.79 Å². The number of carboxylic acid groups (broad SMARTS) is 1. The number of hydrogen-bond donors (Lipinski definition) is 2. The number of carboxylic acids is 1. The highest BCUT2D eigenvalue weighted by Gasteiger charge is 2.32. The highest BCUT2D eigenvalue weighted by atomic mass is 19.1. The van der Waals surface area contributed by atoms with Gasteiger partial charge in [0.15, 0.2) is 0 Å². The van der Waals surface area contributed by atoms with Gasteiger partial charge in [0.05, 0.1) is 23.1 Å². The Morgan fingerprint density at radius 1 is 1.16 bits per heavy atom. The summed E-state index contributed by atoms with van der Waals surface area (Å²) in [5.74, 6) is -0.631. The summed E-state index contributed by atoms with van der Waals surface area (Å²) in [6.45, 7) is 4.38. The van der Waals surface area contributed by atoms with E-state index in [1.165, 1.54) is 28.8 Å². The number of halogens is 1. The Hall–Kier alpha value is -3.15. The van der Waals surface area contributed by atoms with Gasteiger partial charge in [0.25, 0.3) is 0 Å². The minimum Gasteiger partial charge on any atom is -0.481 e. The van der Waals surface area contributed by atoms with Crippen LogP contribution in [0.4, 0.5) is 4.39 Å². The Labute approximate surface area is 179 Å². The first-order valence-corrected chi connectivity index (χ1v) is 10.9. The first-order valence-electron chi connectivity index (χ1n) is 10.9. The summed E-state index contributed by atoms with van der Waals surface area (Å²) in [7, 11) is 0. The van der Waals surface area contributed by atoms with Crippen LogP contribution in [-0.4, -0.2) is 25.8 Å². The molecule has 2 N–H and O–H groups in total. The average Bonchev–Trinajstić information content (AvgIpc) is 3.34. The Bertz CT molecular complexity index is 1260. The molecule has 1 saturated carbocycles. The van der Waals surface area contributed by atoms with Gasteiger partial charge in [0.2, 0.25) is 0 Å². The maximum atomic E-state index is 13.7. The van der Waals surface area contributed by atoms with Crippen LogP contribution in [0.25, 0.3) is 27.5 Å². The molecule has 1 aliphatic rings. The van der Waals surface area contributed by atoms with Crippen LogP contribution in [0.5, 0.6) is 0 Å². The maximum absolute atomic E-state index is 13.7. The van der Waals surface area contributed by atoms with Gasteiger partial charge in [-0.15, -0.1) is 0 Å². The lowest BCUT2D eigenvalue weighted by Crippen LogP contribution is -2.21. The second-order valence-electron chi connectivity index (χ2n) is 8.98. The van der Waals surface area contributed by atoms with Crippen molar-refractivity contribution >= 4 is 27.8 Å². The number of rotatable bonds is 4. The molecule has 0 saturated heterocycles. The Morgan fingerprint density at radius 2 is 1.87 bits per heavy atom. The van der Waals surface area contributed by atoms with Crippen molar-refractivity contribution in [1.82, 2.24) is 14.8 Å². The third-order valence-corrected chi connectivity index (χ3v) is 6.72. The van der Waals surface area contributed by atoms with Crippen LogP contribution >= 0.6 is 0 Å². The number of aromatic nitrogens is 3. The topological polar surface area (TPSA) is 70.9 Å². The summed E-state index contributed by atoms with van der Waals surface area (Å²) in [6.07, 6.45) is 4.95. The molecule has 0 radical (unpaired) electrons. The summed E-state index contributed by atoms with van der Waals surface area (Å²) in [4.78, 5) is 11.5. The van der Waals surface area contributed by atoms with Crippen molar-refractivity contribution < 1.29 is 14.3 Å². The third kappa shape index (κ3) is 3.30. The summed E-state index contributed by atoms with van der Waals surface area (Å²) < 4.78 is 15.9. The molecule has 5 rings (SSSR count). The van der Waals surface area contributed by atoms with Gasteiger partial charge in [-0.3, -0.25) is 9.89 Å². The standard InChI is InChI=1S/C25H26FN3O2/c1-14(2)24-23(15-3-5-16(6-4-15)25(30)31)20-12-21-17(13-27-28-21)11-22(20)29(24)19-9-7-18(26)8-10-19/h7-16H,3-6H2,1-2H3,(H,27,28)(H,30,31)/t15-,16-. The van der Waals surface area contributed by atoms with E-state index in [0.29, 0.717) is 18.8 Å². The normalized spacial score (nSPS) is 19.5. The first-order chi connectivity index (χ1) is 14.9. The SMILES string of the molecule is CC(C)c1c([C@H]2CC[C@H](C(=O)O)CC2)c2cc3[nH]ncc3cc2n1-c1ccc(F)cc1. The fraction of sp³-hybridized carbons (Fsp3) is 0.360. The number of H-pyrrole nitrogens is 1. The quantitative estimate of drug-likeness (QED) is 0.418. The zero-order valence-electron chi connectivity index (χ0n) is 17.7. The minimum absolute atomic E-state index is 0.247.